The lowest BCUT2D eigenvalue weighted by Crippen LogP contribution is -2.24. The van der Waals surface area contributed by atoms with Gasteiger partial charge in [-0.3, -0.25) is 13.8 Å². The normalized spacial score (nSPS) is 11.2. The van der Waals surface area contributed by atoms with Crippen LogP contribution in [0.5, 0.6) is 11.5 Å². The van der Waals surface area contributed by atoms with Gasteiger partial charge < -0.3 is 9.47 Å². The molecular formula is C24H19FN4O3. The number of benzene rings is 3. The van der Waals surface area contributed by atoms with Gasteiger partial charge in [0.15, 0.2) is 5.82 Å². The number of para-hydroxylation sites is 1. The lowest BCUT2D eigenvalue weighted by Gasteiger charge is -2.13. The Bertz CT molecular complexity index is 1510. The van der Waals surface area contributed by atoms with Gasteiger partial charge in [0.05, 0.1) is 37.2 Å². The number of halogens is 1. The van der Waals surface area contributed by atoms with Crippen LogP contribution in [-0.2, 0) is 6.54 Å². The van der Waals surface area contributed by atoms with E-state index in [4.69, 9.17) is 9.47 Å². The molecule has 0 aliphatic heterocycles. The van der Waals surface area contributed by atoms with Gasteiger partial charge in [0.25, 0.3) is 5.56 Å². The van der Waals surface area contributed by atoms with Crippen molar-refractivity contribution < 1.29 is 13.9 Å². The SMILES string of the molecule is COc1ccc(-c2nnc3n(Cc4ccc(F)cc4)c(=O)c4ccccc4n23)c(OC)c1. The number of fused-ring (bicyclic) bond motifs is 3. The van der Waals surface area contributed by atoms with Crippen LogP contribution in [0.15, 0.2) is 71.5 Å². The van der Waals surface area contributed by atoms with Gasteiger partial charge >= 0.3 is 0 Å². The lowest BCUT2D eigenvalue weighted by atomic mass is 10.1. The van der Waals surface area contributed by atoms with Crippen LogP contribution in [0.1, 0.15) is 5.56 Å². The summed E-state index contributed by atoms with van der Waals surface area (Å²) in [4.78, 5) is 13.3. The highest BCUT2D eigenvalue weighted by atomic mass is 19.1. The van der Waals surface area contributed by atoms with E-state index in [1.165, 1.54) is 12.1 Å². The number of hydrogen-bond acceptors (Lipinski definition) is 5. The molecule has 7 nitrogen and oxygen atoms in total. The van der Waals surface area contributed by atoms with Crippen molar-refractivity contribution in [3.8, 4) is 22.9 Å². The molecule has 3 aromatic carbocycles. The fourth-order valence-corrected chi connectivity index (χ4v) is 3.83. The van der Waals surface area contributed by atoms with Gasteiger partial charge in [-0.1, -0.05) is 24.3 Å². The molecule has 2 aromatic heterocycles. The summed E-state index contributed by atoms with van der Waals surface area (Å²) in [5.41, 5.74) is 1.97. The summed E-state index contributed by atoms with van der Waals surface area (Å²) in [5, 5.41) is 9.29. The Morgan fingerprint density at radius 3 is 2.47 bits per heavy atom. The molecule has 0 fully saturated rings. The Morgan fingerprint density at radius 2 is 1.72 bits per heavy atom. The van der Waals surface area contributed by atoms with Crippen molar-refractivity contribution in [2.75, 3.05) is 14.2 Å². The zero-order chi connectivity index (χ0) is 22.2. The number of aromatic nitrogens is 4. The standard InChI is InChI=1S/C24H19FN4O3/c1-31-17-11-12-19(21(13-17)32-2)22-26-27-24-28(14-15-7-9-16(25)10-8-15)23(30)18-5-3-4-6-20(18)29(22)24/h3-13H,14H2,1-2H3. The fourth-order valence-electron chi connectivity index (χ4n) is 3.83. The van der Waals surface area contributed by atoms with Gasteiger partial charge in [0, 0.05) is 6.07 Å². The van der Waals surface area contributed by atoms with Gasteiger partial charge in [-0.2, -0.15) is 0 Å². The fraction of sp³-hybridized carbons (Fsp3) is 0.125. The monoisotopic (exact) mass is 430 g/mol. The summed E-state index contributed by atoms with van der Waals surface area (Å²) in [6.07, 6.45) is 0. The van der Waals surface area contributed by atoms with E-state index in [0.29, 0.717) is 39.6 Å². The first-order chi connectivity index (χ1) is 15.6. The topological polar surface area (TPSA) is 70.7 Å². The minimum Gasteiger partial charge on any atom is -0.497 e. The molecule has 8 heteroatoms. The average molecular weight is 430 g/mol. The van der Waals surface area contributed by atoms with Crippen LogP contribution in [0.3, 0.4) is 0 Å². The molecule has 5 aromatic rings. The molecule has 32 heavy (non-hydrogen) atoms. The second kappa shape index (κ2) is 7.81. The summed E-state index contributed by atoms with van der Waals surface area (Å²) in [6, 6.07) is 18.8. The molecule has 0 atom stereocenters. The average Bonchev–Trinajstić information content (AvgIpc) is 3.27. The highest BCUT2D eigenvalue weighted by Crippen LogP contribution is 2.33. The van der Waals surface area contributed by atoms with Gasteiger partial charge in [-0.25, -0.2) is 4.39 Å². The Kier molecular flexibility index (Phi) is 4.82. The molecule has 0 saturated carbocycles. The molecule has 0 aliphatic carbocycles. The Balaban J connectivity index is 1.80. The van der Waals surface area contributed by atoms with Crippen molar-refractivity contribution in [1.82, 2.24) is 19.2 Å². The van der Waals surface area contributed by atoms with Crippen molar-refractivity contribution in [3.05, 3.63) is 88.5 Å². The maximum atomic E-state index is 13.4. The molecule has 0 saturated heterocycles. The first-order valence-corrected chi connectivity index (χ1v) is 9.94. The van der Waals surface area contributed by atoms with Crippen molar-refractivity contribution in [3.63, 3.8) is 0 Å². The molecule has 0 bridgehead atoms. The second-order valence-corrected chi connectivity index (χ2v) is 7.26. The highest BCUT2D eigenvalue weighted by molar-refractivity contribution is 5.83. The first-order valence-electron chi connectivity index (χ1n) is 9.94. The summed E-state index contributed by atoms with van der Waals surface area (Å²) < 4.78 is 27.6. The largest absolute Gasteiger partial charge is 0.497 e. The summed E-state index contributed by atoms with van der Waals surface area (Å²) in [6.45, 7) is 0.228. The molecule has 0 aliphatic rings. The zero-order valence-corrected chi connectivity index (χ0v) is 17.4. The molecule has 0 radical (unpaired) electrons. The van der Waals surface area contributed by atoms with Crippen LogP contribution >= 0.6 is 0 Å². The number of methoxy groups -OCH3 is 2. The van der Waals surface area contributed by atoms with E-state index in [0.717, 1.165) is 5.56 Å². The summed E-state index contributed by atoms with van der Waals surface area (Å²) >= 11 is 0. The van der Waals surface area contributed by atoms with Crippen LogP contribution in [0, 0.1) is 5.82 Å². The molecule has 0 amide bonds. The maximum absolute atomic E-state index is 13.4. The van der Waals surface area contributed by atoms with E-state index in [9.17, 15) is 9.18 Å². The van der Waals surface area contributed by atoms with Crippen LogP contribution < -0.4 is 15.0 Å². The van der Waals surface area contributed by atoms with Gasteiger partial charge in [0.1, 0.15) is 17.3 Å². The van der Waals surface area contributed by atoms with Crippen molar-refractivity contribution >= 4 is 16.7 Å². The number of ether oxygens (including phenoxy) is 2. The van der Waals surface area contributed by atoms with E-state index in [1.54, 1.807) is 43.1 Å². The van der Waals surface area contributed by atoms with E-state index in [-0.39, 0.29) is 17.9 Å². The third-order valence-electron chi connectivity index (χ3n) is 5.41. The second-order valence-electron chi connectivity index (χ2n) is 7.26. The molecule has 0 N–H and O–H groups in total. The predicted octanol–water partition coefficient (Wildman–Crippen LogP) is 3.92. The molecule has 160 valence electrons. The minimum atomic E-state index is -0.332. The minimum absolute atomic E-state index is 0.196. The maximum Gasteiger partial charge on any atom is 0.263 e. The van der Waals surface area contributed by atoms with Gasteiger partial charge in [-0.05, 0) is 42.0 Å². The van der Waals surface area contributed by atoms with Crippen molar-refractivity contribution in [2.45, 2.75) is 6.54 Å². The van der Waals surface area contributed by atoms with E-state index in [1.807, 2.05) is 34.7 Å². The van der Waals surface area contributed by atoms with E-state index < -0.39 is 0 Å². The molecule has 0 unspecified atom stereocenters. The van der Waals surface area contributed by atoms with E-state index in [2.05, 4.69) is 10.2 Å². The van der Waals surface area contributed by atoms with Crippen molar-refractivity contribution in [1.29, 1.82) is 0 Å². The number of hydrogen-bond donors (Lipinski definition) is 0. The molecule has 5 rings (SSSR count). The van der Waals surface area contributed by atoms with Crippen LogP contribution in [0.25, 0.3) is 28.1 Å². The Morgan fingerprint density at radius 1 is 0.938 bits per heavy atom. The first kappa shape index (κ1) is 19.7. The Hall–Kier alpha value is -4.20. The highest BCUT2D eigenvalue weighted by Gasteiger charge is 2.20. The number of nitrogens with zero attached hydrogens (tertiary/aromatic N) is 4. The van der Waals surface area contributed by atoms with Gasteiger partial charge in [0.2, 0.25) is 5.78 Å². The summed E-state index contributed by atoms with van der Waals surface area (Å²) in [5.74, 6) is 1.80. The smallest absolute Gasteiger partial charge is 0.263 e. The summed E-state index contributed by atoms with van der Waals surface area (Å²) in [7, 11) is 3.16. The van der Waals surface area contributed by atoms with Crippen LogP contribution in [0.4, 0.5) is 4.39 Å². The van der Waals surface area contributed by atoms with Gasteiger partial charge in [-0.15, -0.1) is 10.2 Å². The van der Waals surface area contributed by atoms with Crippen molar-refractivity contribution in [2.24, 2.45) is 0 Å². The van der Waals surface area contributed by atoms with Crippen LogP contribution in [0.2, 0.25) is 0 Å². The zero-order valence-electron chi connectivity index (χ0n) is 17.4. The predicted molar refractivity (Wildman–Crippen MR) is 119 cm³/mol. The molecule has 0 spiro atoms. The molecular weight excluding hydrogens is 411 g/mol. The van der Waals surface area contributed by atoms with Crippen LogP contribution in [-0.4, -0.2) is 33.4 Å². The quantitative estimate of drug-likeness (QED) is 0.423. The third-order valence-corrected chi connectivity index (χ3v) is 5.41. The Labute approximate surface area is 182 Å². The van der Waals surface area contributed by atoms with E-state index >= 15 is 0 Å². The third kappa shape index (κ3) is 3.17. The molecule has 2 heterocycles. The number of rotatable bonds is 5. The lowest BCUT2D eigenvalue weighted by molar-refractivity contribution is 0.395.